The van der Waals surface area contributed by atoms with Crippen LogP contribution in [-0.4, -0.2) is 48.2 Å². The first kappa shape index (κ1) is 21.0. The van der Waals surface area contributed by atoms with E-state index in [0.717, 1.165) is 9.82 Å². The van der Waals surface area contributed by atoms with Crippen LogP contribution in [0.3, 0.4) is 0 Å². The van der Waals surface area contributed by atoms with Gasteiger partial charge in [0.25, 0.3) is 5.91 Å². The average Bonchev–Trinajstić information content (AvgIpc) is 3.32. The van der Waals surface area contributed by atoms with E-state index in [1.54, 1.807) is 30.6 Å². The quantitative estimate of drug-likeness (QED) is 0.566. The van der Waals surface area contributed by atoms with Gasteiger partial charge in [-0.1, -0.05) is 6.07 Å². The molecule has 0 unspecified atom stereocenters. The van der Waals surface area contributed by atoms with Gasteiger partial charge in [-0.05, 0) is 29.6 Å². The lowest BCUT2D eigenvalue weighted by molar-refractivity contribution is -0.121. The molecule has 0 spiro atoms. The zero-order valence-corrected chi connectivity index (χ0v) is 17.8. The first-order chi connectivity index (χ1) is 13.7. The van der Waals surface area contributed by atoms with Crippen LogP contribution in [0.2, 0.25) is 0 Å². The summed E-state index contributed by atoms with van der Waals surface area (Å²) in [6.45, 7) is 0. The maximum atomic E-state index is 12.3. The Morgan fingerprint density at radius 1 is 1.21 bits per heavy atom. The Balaban J connectivity index is 1.66. The number of hydrazine groups is 1. The summed E-state index contributed by atoms with van der Waals surface area (Å²) in [7, 11) is 1.20. The average molecular weight is 436 g/mol. The molecule has 2 heterocycles. The van der Waals surface area contributed by atoms with Crippen LogP contribution >= 0.6 is 11.3 Å². The number of thiophene rings is 1. The largest absolute Gasteiger partial charge is 0.331 e. The van der Waals surface area contributed by atoms with E-state index in [2.05, 4.69) is 15.8 Å². The van der Waals surface area contributed by atoms with Gasteiger partial charge in [0.05, 0.1) is 20.8 Å². The topological polar surface area (TPSA) is 113 Å². The molecule has 3 aromatic rings. The number of fused-ring (bicyclic) bond motifs is 1. The molecule has 9 nitrogen and oxygen atoms in total. The summed E-state index contributed by atoms with van der Waals surface area (Å²) < 4.78 is 27.6. The van der Waals surface area contributed by atoms with E-state index in [9.17, 15) is 18.0 Å². The van der Waals surface area contributed by atoms with E-state index in [-0.39, 0.29) is 23.1 Å². The number of imidazole rings is 1. The van der Waals surface area contributed by atoms with Crippen LogP contribution in [-0.2, 0) is 28.3 Å². The molecule has 3 rings (SSSR count). The third kappa shape index (κ3) is 4.47. The Morgan fingerprint density at radius 2 is 1.97 bits per heavy atom. The van der Waals surface area contributed by atoms with E-state index in [1.807, 2.05) is 4.57 Å². The van der Waals surface area contributed by atoms with Gasteiger partial charge in [0.15, 0.2) is 0 Å². The van der Waals surface area contributed by atoms with Crippen molar-refractivity contribution >= 4 is 44.2 Å². The van der Waals surface area contributed by atoms with Gasteiger partial charge < -0.3 is 4.57 Å². The summed E-state index contributed by atoms with van der Waals surface area (Å²) in [4.78, 5) is 29.0. The highest BCUT2D eigenvalue weighted by molar-refractivity contribution is 7.89. The molecule has 2 aromatic heterocycles. The summed E-state index contributed by atoms with van der Waals surface area (Å²) in [6, 6.07) is 8.17. The van der Waals surface area contributed by atoms with Crippen molar-refractivity contribution in [1.29, 1.82) is 0 Å². The molecule has 0 aliphatic carbocycles. The fourth-order valence-corrected chi connectivity index (χ4v) is 4.25. The number of benzene rings is 1. The molecule has 0 bridgehead atoms. The Morgan fingerprint density at radius 3 is 2.62 bits per heavy atom. The highest BCUT2D eigenvalue weighted by Crippen LogP contribution is 2.21. The lowest BCUT2D eigenvalue weighted by Crippen LogP contribution is -2.41. The SMILES string of the molecule is CN(C)S(=O)(=O)c1ccc2c(c1)nc(CCC(=O)NNC(=O)c1cccs1)n2C. The van der Waals surface area contributed by atoms with Crippen molar-refractivity contribution in [2.75, 3.05) is 14.1 Å². The van der Waals surface area contributed by atoms with E-state index < -0.39 is 10.0 Å². The maximum absolute atomic E-state index is 12.3. The molecule has 0 radical (unpaired) electrons. The van der Waals surface area contributed by atoms with E-state index >= 15 is 0 Å². The monoisotopic (exact) mass is 435 g/mol. The predicted molar refractivity (Wildman–Crippen MR) is 110 cm³/mol. The maximum Gasteiger partial charge on any atom is 0.279 e. The van der Waals surface area contributed by atoms with E-state index in [1.165, 1.54) is 37.6 Å². The number of sulfonamides is 1. The van der Waals surface area contributed by atoms with Crippen LogP contribution in [0.4, 0.5) is 0 Å². The molecule has 2 amide bonds. The number of nitrogens with one attached hydrogen (secondary N) is 2. The molecule has 0 atom stereocenters. The minimum Gasteiger partial charge on any atom is -0.331 e. The molecule has 2 N–H and O–H groups in total. The molecule has 0 aliphatic rings. The Kier molecular flexibility index (Phi) is 6.01. The zero-order valence-electron chi connectivity index (χ0n) is 16.2. The number of carbonyl (C=O) groups excluding carboxylic acids is 2. The third-order valence-corrected chi connectivity index (χ3v) is 7.04. The van der Waals surface area contributed by atoms with Gasteiger partial charge in [-0.3, -0.25) is 20.4 Å². The molecular formula is C18H21N5O4S2. The van der Waals surface area contributed by atoms with Crippen molar-refractivity contribution in [3.8, 4) is 0 Å². The standard InChI is InChI=1S/C18H21N5O4S2/c1-22(2)29(26,27)12-6-7-14-13(11-12)19-16(23(14)3)8-9-17(24)20-21-18(25)15-5-4-10-28-15/h4-7,10-11H,8-9H2,1-3H3,(H,20,24)(H,21,25). The van der Waals surface area contributed by atoms with Crippen molar-refractivity contribution in [2.24, 2.45) is 7.05 Å². The summed E-state index contributed by atoms with van der Waals surface area (Å²) in [5.74, 6) is -0.0808. The van der Waals surface area contributed by atoms with Crippen molar-refractivity contribution in [3.63, 3.8) is 0 Å². The number of aromatic nitrogens is 2. The number of hydrogen-bond donors (Lipinski definition) is 2. The Bertz CT molecular complexity index is 1150. The normalized spacial score (nSPS) is 11.7. The Labute approximate surface area is 172 Å². The molecular weight excluding hydrogens is 414 g/mol. The summed E-state index contributed by atoms with van der Waals surface area (Å²) in [6.07, 6.45) is 0.451. The van der Waals surface area contributed by atoms with Crippen molar-refractivity contribution < 1.29 is 18.0 Å². The summed E-state index contributed by atoms with van der Waals surface area (Å²) in [5.41, 5.74) is 6.06. The number of nitrogens with zero attached hydrogens (tertiary/aromatic N) is 3. The fraction of sp³-hybridized carbons (Fsp3) is 0.278. The van der Waals surface area contributed by atoms with Gasteiger partial charge in [-0.2, -0.15) is 0 Å². The number of rotatable bonds is 6. The molecule has 0 fully saturated rings. The van der Waals surface area contributed by atoms with Crippen molar-refractivity contribution in [1.82, 2.24) is 24.7 Å². The highest BCUT2D eigenvalue weighted by atomic mass is 32.2. The lowest BCUT2D eigenvalue weighted by Gasteiger charge is -2.10. The van der Waals surface area contributed by atoms with Crippen molar-refractivity contribution in [3.05, 3.63) is 46.4 Å². The first-order valence-corrected chi connectivity index (χ1v) is 11.0. The molecule has 154 valence electrons. The first-order valence-electron chi connectivity index (χ1n) is 8.70. The second-order valence-electron chi connectivity index (χ2n) is 6.50. The predicted octanol–water partition coefficient (Wildman–Crippen LogP) is 1.28. The number of amides is 2. The van der Waals surface area contributed by atoms with Gasteiger partial charge in [-0.25, -0.2) is 17.7 Å². The highest BCUT2D eigenvalue weighted by Gasteiger charge is 2.19. The molecule has 1 aromatic carbocycles. The molecule has 0 saturated carbocycles. The third-order valence-electron chi connectivity index (χ3n) is 4.36. The molecule has 0 aliphatic heterocycles. The smallest absolute Gasteiger partial charge is 0.279 e. The Hall–Kier alpha value is -2.76. The number of hydrogen-bond acceptors (Lipinski definition) is 6. The van der Waals surface area contributed by atoms with Crippen LogP contribution in [0, 0.1) is 0 Å². The number of carbonyl (C=O) groups is 2. The number of aryl methyl sites for hydroxylation is 2. The molecule has 0 saturated heterocycles. The minimum absolute atomic E-state index is 0.116. The van der Waals surface area contributed by atoms with Crippen LogP contribution in [0.25, 0.3) is 11.0 Å². The zero-order chi connectivity index (χ0) is 21.2. The van der Waals surface area contributed by atoms with E-state index in [4.69, 9.17) is 0 Å². The van der Waals surface area contributed by atoms with Gasteiger partial charge in [0, 0.05) is 34.0 Å². The second-order valence-corrected chi connectivity index (χ2v) is 9.60. The van der Waals surface area contributed by atoms with Crippen LogP contribution in [0.1, 0.15) is 21.9 Å². The summed E-state index contributed by atoms with van der Waals surface area (Å²) in [5, 5.41) is 1.78. The van der Waals surface area contributed by atoms with Gasteiger partial charge in [0.1, 0.15) is 5.82 Å². The van der Waals surface area contributed by atoms with Gasteiger partial charge >= 0.3 is 0 Å². The lowest BCUT2D eigenvalue weighted by atomic mass is 10.3. The van der Waals surface area contributed by atoms with E-state index in [0.29, 0.717) is 22.6 Å². The fourth-order valence-electron chi connectivity index (χ4n) is 2.71. The molecule has 11 heteroatoms. The van der Waals surface area contributed by atoms with Gasteiger partial charge in [-0.15, -0.1) is 11.3 Å². The van der Waals surface area contributed by atoms with Gasteiger partial charge in [0.2, 0.25) is 15.9 Å². The summed E-state index contributed by atoms with van der Waals surface area (Å²) >= 11 is 1.28. The van der Waals surface area contributed by atoms with Crippen LogP contribution in [0.15, 0.2) is 40.6 Å². The van der Waals surface area contributed by atoms with Crippen LogP contribution in [0.5, 0.6) is 0 Å². The van der Waals surface area contributed by atoms with Crippen LogP contribution < -0.4 is 10.9 Å². The second kappa shape index (κ2) is 8.31. The molecule has 29 heavy (non-hydrogen) atoms. The minimum atomic E-state index is -3.55. The van der Waals surface area contributed by atoms with Crippen molar-refractivity contribution in [2.45, 2.75) is 17.7 Å².